The fourth-order valence-corrected chi connectivity index (χ4v) is 2.21. The molecule has 0 aliphatic carbocycles. The summed E-state index contributed by atoms with van der Waals surface area (Å²) in [5.74, 6) is -1.83. The number of ether oxygens (including phenoxy) is 1. The molecule has 0 N–H and O–H groups in total. The van der Waals surface area contributed by atoms with Crippen LogP contribution in [0.3, 0.4) is 0 Å². The number of rotatable bonds is 3. The van der Waals surface area contributed by atoms with Gasteiger partial charge in [-0.25, -0.2) is 4.39 Å². The summed E-state index contributed by atoms with van der Waals surface area (Å²) in [6, 6.07) is 5.69. The highest BCUT2D eigenvalue weighted by atomic mass is 19.1. The predicted molar refractivity (Wildman–Crippen MR) is 68.1 cm³/mol. The van der Waals surface area contributed by atoms with E-state index in [0.717, 1.165) is 6.42 Å². The van der Waals surface area contributed by atoms with Gasteiger partial charge in [0.05, 0.1) is 6.61 Å². The summed E-state index contributed by atoms with van der Waals surface area (Å²) in [4.78, 5) is 25.5. The number of carbonyl (C=O) groups excluding carboxylic acids is 2. The molecular weight excluding hydrogens is 249 g/mol. The molecule has 1 aromatic carbocycles. The van der Waals surface area contributed by atoms with Crippen molar-refractivity contribution in [3.8, 4) is 0 Å². The zero-order valence-corrected chi connectivity index (χ0v) is 10.8. The lowest BCUT2D eigenvalue weighted by Crippen LogP contribution is -2.44. The van der Waals surface area contributed by atoms with Gasteiger partial charge in [-0.1, -0.05) is 0 Å². The molecule has 102 valence electrons. The van der Waals surface area contributed by atoms with E-state index in [2.05, 4.69) is 0 Å². The van der Waals surface area contributed by atoms with Crippen molar-refractivity contribution in [2.24, 2.45) is 5.92 Å². The Morgan fingerprint density at radius 3 is 2.74 bits per heavy atom. The van der Waals surface area contributed by atoms with Gasteiger partial charge in [-0.15, -0.1) is 0 Å². The summed E-state index contributed by atoms with van der Waals surface area (Å²) in [6.07, 6.45) is 1.24. The van der Waals surface area contributed by atoms with Crippen LogP contribution in [0.15, 0.2) is 24.3 Å². The molecule has 1 atom stereocenters. The van der Waals surface area contributed by atoms with Crippen molar-refractivity contribution in [2.75, 3.05) is 18.1 Å². The molecule has 5 heteroatoms. The van der Waals surface area contributed by atoms with Crippen molar-refractivity contribution in [3.05, 3.63) is 30.1 Å². The summed E-state index contributed by atoms with van der Waals surface area (Å²) in [7, 11) is 0. The van der Waals surface area contributed by atoms with Crippen molar-refractivity contribution < 1.29 is 18.7 Å². The summed E-state index contributed by atoms with van der Waals surface area (Å²) in [6.45, 7) is 2.52. The van der Waals surface area contributed by atoms with E-state index in [4.69, 9.17) is 4.74 Å². The predicted octanol–water partition coefficient (Wildman–Crippen LogP) is 2.13. The van der Waals surface area contributed by atoms with Crippen LogP contribution in [0.5, 0.6) is 0 Å². The molecule has 19 heavy (non-hydrogen) atoms. The van der Waals surface area contributed by atoms with Crippen LogP contribution in [0.25, 0.3) is 0 Å². The van der Waals surface area contributed by atoms with E-state index >= 15 is 0 Å². The fourth-order valence-electron chi connectivity index (χ4n) is 2.21. The van der Waals surface area contributed by atoms with Gasteiger partial charge in [0.15, 0.2) is 0 Å². The van der Waals surface area contributed by atoms with Gasteiger partial charge in [0, 0.05) is 12.2 Å². The number of amides is 1. The molecule has 1 saturated heterocycles. The van der Waals surface area contributed by atoms with Crippen LogP contribution in [-0.4, -0.2) is 25.0 Å². The summed E-state index contributed by atoms with van der Waals surface area (Å²) < 4.78 is 17.8. The standard InChI is InChI=1S/C14H16FNO3/c1-2-19-14(18)12-4-3-9-16(13(12)17)11-7-5-10(15)6-8-11/h5-8,12H,2-4,9H2,1H3. The highest BCUT2D eigenvalue weighted by molar-refractivity contribution is 6.06. The molecule has 1 heterocycles. The minimum Gasteiger partial charge on any atom is -0.465 e. The third-order valence-corrected chi connectivity index (χ3v) is 3.15. The smallest absolute Gasteiger partial charge is 0.318 e. The Kier molecular flexibility index (Phi) is 4.14. The molecule has 4 nitrogen and oxygen atoms in total. The van der Waals surface area contributed by atoms with E-state index in [1.165, 1.54) is 17.0 Å². The zero-order chi connectivity index (χ0) is 13.8. The van der Waals surface area contributed by atoms with E-state index in [9.17, 15) is 14.0 Å². The molecule has 0 aromatic heterocycles. The first kappa shape index (κ1) is 13.5. The number of halogens is 1. The normalized spacial score (nSPS) is 19.4. The number of hydrogen-bond donors (Lipinski definition) is 0. The van der Waals surface area contributed by atoms with Gasteiger partial charge in [-0.3, -0.25) is 9.59 Å². The maximum Gasteiger partial charge on any atom is 0.318 e. The first-order valence-electron chi connectivity index (χ1n) is 6.37. The van der Waals surface area contributed by atoms with Crippen molar-refractivity contribution in [3.63, 3.8) is 0 Å². The van der Waals surface area contributed by atoms with E-state index in [1.807, 2.05) is 0 Å². The third kappa shape index (κ3) is 2.92. The second kappa shape index (κ2) is 5.82. The van der Waals surface area contributed by atoms with Crippen LogP contribution < -0.4 is 4.90 Å². The lowest BCUT2D eigenvalue weighted by Gasteiger charge is -2.31. The molecule has 0 spiro atoms. The fraction of sp³-hybridized carbons (Fsp3) is 0.429. The lowest BCUT2D eigenvalue weighted by atomic mass is 9.96. The van der Waals surface area contributed by atoms with Gasteiger partial charge < -0.3 is 9.64 Å². The van der Waals surface area contributed by atoms with Crippen LogP contribution in [-0.2, 0) is 14.3 Å². The van der Waals surface area contributed by atoms with E-state index in [1.54, 1.807) is 19.1 Å². The van der Waals surface area contributed by atoms with Gasteiger partial charge in [-0.05, 0) is 44.0 Å². The second-order valence-corrected chi connectivity index (χ2v) is 4.41. The molecule has 1 aromatic rings. The minimum absolute atomic E-state index is 0.263. The molecule has 1 amide bonds. The largest absolute Gasteiger partial charge is 0.465 e. The van der Waals surface area contributed by atoms with Gasteiger partial charge >= 0.3 is 5.97 Å². The van der Waals surface area contributed by atoms with E-state index in [0.29, 0.717) is 18.7 Å². The van der Waals surface area contributed by atoms with Crippen LogP contribution in [0, 0.1) is 11.7 Å². The lowest BCUT2D eigenvalue weighted by molar-refractivity contribution is -0.152. The number of anilines is 1. The maximum absolute atomic E-state index is 12.9. The number of esters is 1. The topological polar surface area (TPSA) is 46.6 Å². The Balaban J connectivity index is 2.16. The minimum atomic E-state index is -0.737. The molecule has 0 radical (unpaired) electrons. The Morgan fingerprint density at radius 2 is 2.11 bits per heavy atom. The molecule has 1 aliphatic heterocycles. The highest BCUT2D eigenvalue weighted by Gasteiger charge is 2.35. The first-order chi connectivity index (χ1) is 9.13. The number of hydrogen-bond acceptors (Lipinski definition) is 3. The Labute approximate surface area is 111 Å². The molecule has 0 saturated carbocycles. The second-order valence-electron chi connectivity index (χ2n) is 4.41. The number of benzene rings is 1. The number of nitrogens with zero attached hydrogens (tertiary/aromatic N) is 1. The van der Waals surface area contributed by atoms with Crippen molar-refractivity contribution in [1.82, 2.24) is 0 Å². The summed E-state index contributed by atoms with van der Waals surface area (Å²) in [5.41, 5.74) is 0.611. The number of piperidine rings is 1. The quantitative estimate of drug-likeness (QED) is 0.621. The zero-order valence-electron chi connectivity index (χ0n) is 10.8. The van der Waals surface area contributed by atoms with Crippen molar-refractivity contribution >= 4 is 17.6 Å². The average molecular weight is 265 g/mol. The summed E-state index contributed by atoms with van der Waals surface area (Å²) >= 11 is 0. The van der Waals surface area contributed by atoms with Crippen molar-refractivity contribution in [1.29, 1.82) is 0 Å². The Bertz CT molecular complexity index is 472. The third-order valence-electron chi connectivity index (χ3n) is 3.15. The molecule has 2 rings (SSSR count). The van der Waals surface area contributed by atoms with Crippen molar-refractivity contribution in [2.45, 2.75) is 19.8 Å². The van der Waals surface area contributed by atoms with Crippen LogP contribution in [0.2, 0.25) is 0 Å². The highest BCUT2D eigenvalue weighted by Crippen LogP contribution is 2.25. The summed E-state index contributed by atoms with van der Waals surface area (Å²) in [5, 5.41) is 0. The molecule has 1 unspecified atom stereocenters. The monoisotopic (exact) mass is 265 g/mol. The SMILES string of the molecule is CCOC(=O)C1CCCN(c2ccc(F)cc2)C1=O. The molecular formula is C14H16FNO3. The van der Waals surface area contributed by atoms with E-state index < -0.39 is 11.9 Å². The van der Waals surface area contributed by atoms with Gasteiger partial charge in [0.25, 0.3) is 0 Å². The van der Waals surface area contributed by atoms with Gasteiger partial charge in [0.1, 0.15) is 11.7 Å². The maximum atomic E-state index is 12.9. The molecule has 1 fully saturated rings. The van der Waals surface area contributed by atoms with Crippen LogP contribution >= 0.6 is 0 Å². The van der Waals surface area contributed by atoms with E-state index in [-0.39, 0.29) is 18.3 Å². The first-order valence-corrected chi connectivity index (χ1v) is 6.37. The number of carbonyl (C=O) groups is 2. The molecule has 0 bridgehead atoms. The van der Waals surface area contributed by atoms with Gasteiger partial charge in [-0.2, -0.15) is 0 Å². The average Bonchev–Trinajstić information content (AvgIpc) is 2.40. The van der Waals surface area contributed by atoms with Gasteiger partial charge in [0.2, 0.25) is 5.91 Å². The van der Waals surface area contributed by atoms with Crippen LogP contribution in [0.4, 0.5) is 10.1 Å². The molecule has 1 aliphatic rings. The Morgan fingerprint density at radius 1 is 1.42 bits per heavy atom. The Hall–Kier alpha value is -1.91. The van der Waals surface area contributed by atoms with Crippen LogP contribution in [0.1, 0.15) is 19.8 Å².